The van der Waals surface area contributed by atoms with Crippen LogP contribution in [0.1, 0.15) is 51.5 Å². The van der Waals surface area contributed by atoms with E-state index in [0.29, 0.717) is 5.92 Å². The first kappa shape index (κ1) is 17.7. The number of benzene rings is 1. The van der Waals surface area contributed by atoms with Crippen LogP contribution in [0.3, 0.4) is 0 Å². The number of halogens is 1. The third-order valence-corrected chi connectivity index (χ3v) is 3.84. The molecular formula is C17H28BrNO. The van der Waals surface area contributed by atoms with Crippen molar-refractivity contribution in [3.05, 3.63) is 34.3 Å². The molecule has 20 heavy (non-hydrogen) atoms. The van der Waals surface area contributed by atoms with E-state index in [1.54, 1.807) is 7.11 Å². The van der Waals surface area contributed by atoms with Gasteiger partial charge in [-0.15, -0.1) is 0 Å². The Bertz CT molecular complexity index is 387. The fourth-order valence-electron chi connectivity index (χ4n) is 2.21. The van der Waals surface area contributed by atoms with Gasteiger partial charge in [0.25, 0.3) is 0 Å². The normalized spacial score (nSPS) is 13.4. The molecule has 0 amide bonds. The van der Waals surface area contributed by atoms with Gasteiger partial charge in [-0.2, -0.15) is 0 Å². The van der Waals surface area contributed by atoms with Gasteiger partial charge in [-0.05, 0) is 57.2 Å². The zero-order chi connectivity index (χ0) is 15.0. The summed E-state index contributed by atoms with van der Waals surface area (Å²) in [5.74, 6) is 0.559. The third-order valence-electron chi connectivity index (χ3n) is 3.35. The van der Waals surface area contributed by atoms with Crippen LogP contribution in [0.15, 0.2) is 28.7 Å². The van der Waals surface area contributed by atoms with E-state index in [2.05, 4.69) is 66.3 Å². The highest BCUT2D eigenvalue weighted by molar-refractivity contribution is 9.10. The predicted molar refractivity (Wildman–Crippen MR) is 90.4 cm³/mol. The number of hydrogen-bond acceptors (Lipinski definition) is 2. The predicted octanol–water partition coefficient (Wildman–Crippen LogP) is 4.74. The van der Waals surface area contributed by atoms with Gasteiger partial charge in [0.15, 0.2) is 0 Å². The molecule has 0 aliphatic heterocycles. The van der Waals surface area contributed by atoms with Crippen molar-refractivity contribution in [2.24, 2.45) is 0 Å². The van der Waals surface area contributed by atoms with E-state index < -0.39 is 0 Å². The van der Waals surface area contributed by atoms with Crippen LogP contribution in [0.5, 0.6) is 0 Å². The summed E-state index contributed by atoms with van der Waals surface area (Å²) in [5.41, 5.74) is 1.57. The number of ether oxygens (including phenoxy) is 1. The molecule has 1 unspecified atom stereocenters. The van der Waals surface area contributed by atoms with E-state index in [1.807, 2.05) is 0 Å². The van der Waals surface area contributed by atoms with Gasteiger partial charge in [0.05, 0.1) is 0 Å². The van der Waals surface area contributed by atoms with Crippen LogP contribution in [0.2, 0.25) is 0 Å². The maximum atomic E-state index is 5.14. The maximum absolute atomic E-state index is 5.14. The minimum Gasteiger partial charge on any atom is -0.385 e. The van der Waals surface area contributed by atoms with Crippen LogP contribution in [0.4, 0.5) is 0 Å². The largest absolute Gasteiger partial charge is 0.385 e. The molecule has 3 heteroatoms. The summed E-state index contributed by atoms with van der Waals surface area (Å²) < 4.78 is 6.30. The molecule has 0 radical (unpaired) electrons. The molecule has 2 nitrogen and oxygen atoms in total. The summed E-state index contributed by atoms with van der Waals surface area (Å²) in [6.07, 6.45) is 3.54. The number of rotatable bonds is 8. The molecule has 0 aliphatic rings. The van der Waals surface area contributed by atoms with Crippen LogP contribution in [0, 0.1) is 0 Å². The topological polar surface area (TPSA) is 21.3 Å². The molecule has 1 aromatic carbocycles. The van der Waals surface area contributed by atoms with Crippen molar-refractivity contribution < 1.29 is 4.74 Å². The van der Waals surface area contributed by atoms with Gasteiger partial charge in [-0.25, -0.2) is 0 Å². The van der Waals surface area contributed by atoms with Crippen molar-refractivity contribution in [2.45, 2.75) is 51.5 Å². The Kier molecular flexibility index (Phi) is 7.78. The molecule has 0 heterocycles. The second kappa shape index (κ2) is 8.81. The molecule has 0 spiro atoms. The lowest BCUT2D eigenvalue weighted by Crippen LogP contribution is -2.38. The molecule has 0 bridgehead atoms. The molecule has 0 saturated carbocycles. The Morgan fingerprint density at radius 3 is 2.60 bits per heavy atom. The Balaban J connectivity index is 2.63. The van der Waals surface area contributed by atoms with Gasteiger partial charge >= 0.3 is 0 Å². The molecule has 0 fully saturated rings. The van der Waals surface area contributed by atoms with E-state index in [1.165, 1.54) is 18.4 Å². The lowest BCUT2D eigenvalue weighted by atomic mass is 9.92. The van der Waals surface area contributed by atoms with Crippen molar-refractivity contribution in [3.8, 4) is 0 Å². The van der Waals surface area contributed by atoms with Crippen molar-refractivity contribution in [1.82, 2.24) is 5.32 Å². The minimum atomic E-state index is 0.163. The number of hydrogen-bond donors (Lipinski definition) is 1. The van der Waals surface area contributed by atoms with Gasteiger partial charge in [0, 0.05) is 30.3 Å². The second-order valence-corrected chi connectivity index (χ2v) is 7.29. The van der Waals surface area contributed by atoms with Gasteiger partial charge in [-0.3, -0.25) is 0 Å². The van der Waals surface area contributed by atoms with E-state index >= 15 is 0 Å². The highest BCUT2D eigenvalue weighted by atomic mass is 79.9. The summed E-state index contributed by atoms with van der Waals surface area (Å²) in [5, 5.41) is 3.63. The molecule has 0 aliphatic carbocycles. The fourth-order valence-corrected chi connectivity index (χ4v) is 2.63. The van der Waals surface area contributed by atoms with Crippen LogP contribution in [-0.4, -0.2) is 25.8 Å². The first-order valence-electron chi connectivity index (χ1n) is 7.42. The van der Waals surface area contributed by atoms with Gasteiger partial charge < -0.3 is 10.1 Å². The summed E-state index contributed by atoms with van der Waals surface area (Å²) >= 11 is 3.57. The Morgan fingerprint density at radius 2 is 2.00 bits per heavy atom. The monoisotopic (exact) mass is 341 g/mol. The van der Waals surface area contributed by atoms with Crippen LogP contribution < -0.4 is 5.32 Å². The first-order chi connectivity index (χ1) is 9.42. The molecule has 1 N–H and O–H groups in total. The van der Waals surface area contributed by atoms with Crippen molar-refractivity contribution >= 4 is 15.9 Å². The zero-order valence-electron chi connectivity index (χ0n) is 13.2. The quantitative estimate of drug-likeness (QED) is 0.689. The average Bonchev–Trinajstić information content (AvgIpc) is 2.36. The van der Waals surface area contributed by atoms with Crippen LogP contribution in [-0.2, 0) is 4.74 Å². The highest BCUT2D eigenvalue weighted by Gasteiger charge is 2.16. The molecular weight excluding hydrogens is 314 g/mol. The SMILES string of the molecule is COCCCCC(CNC(C)(C)C)c1cccc(Br)c1. The molecule has 0 saturated heterocycles. The fraction of sp³-hybridized carbons (Fsp3) is 0.647. The van der Waals surface area contributed by atoms with E-state index in [0.717, 1.165) is 24.0 Å². The first-order valence-corrected chi connectivity index (χ1v) is 8.21. The van der Waals surface area contributed by atoms with Crippen molar-refractivity contribution in [2.75, 3.05) is 20.3 Å². The van der Waals surface area contributed by atoms with E-state index in [-0.39, 0.29) is 5.54 Å². The average molecular weight is 342 g/mol. The summed E-state index contributed by atoms with van der Waals surface area (Å²) in [6, 6.07) is 8.68. The smallest absolute Gasteiger partial charge is 0.0462 e. The standard InChI is InChI=1S/C17H28BrNO/c1-17(2,3)19-13-15(8-5-6-11-20-4)14-9-7-10-16(18)12-14/h7,9-10,12,15,19H,5-6,8,11,13H2,1-4H3. The van der Waals surface area contributed by atoms with E-state index in [9.17, 15) is 0 Å². The Labute approximate surface area is 132 Å². The maximum Gasteiger partial charge on any atom is 0.0462 e. The van der Waals surface area contributed by atoms with E-state index in [4.69, 9.17) is 4.74 Å². The zero-order valence-corrected chi connectivity index (χ0v) is 14.8. The van der Waals surface area contributed by atoms with Crippen LogP contribution in [0.25, 0.3) is 0 Å². The lowest BCUT2D eigenvalue weighted by Gasteiger charge is -2.26. The Morgan fingerprint density at radius 1 is 1.25 bits per heavy atom. The highest BCUT2D eigenvalue weighted by Crippen LogP contribution is 2.25. The molecule has 0 aromatic heterocycles. The number of unbranched alkanes of at least 4 members (excludes halogenated alkanes) is 1. The summed E-state index contributed by atoms with van der Waals surface area (Å²) in [7, 11) is 1.77. The number of methoxy groups -OCH3 is 1. The lowest BCUT2D eigenvalue weighted by molar-refractivity contribution is 0.191. The van der Waals surface area contributed by atoms with Crippen molar-refractivity contribution in [3.63, 3.8) is 0 Å². The summed E-state index contributed by atoms with van der Waals surface area (Å²) in [4.78, 5) is 0. The molecule has 1 aromatic rings. The van der Waals surface area contributed by atoms with Gasteiger partial charge in [-0.1, -0.05) is 34.5 Å². The molecule has 1 atom stereocenters. The van der Waals surface area contributed by atoms with Gasteiger partial charge in [0.2, 0.25) is 0 Å². The van der Waals surface area contributed by atoms with Crippen LogP contribution >= 0.6 is 15.9 Å². The molecule has 1 rings (SSSR count). The third kappa shape index (κ3) is 7.41. The number of nitrogens with one attached hydrogen (secondary N) is 1. The van der Waals surface area contributed by atoms with Crippen molar-refractivity contribution in [1.29, 1.82) is 0 Å². The Hall–Kier alpha value is -0.380. The second-order valence-electron chi connectivity index (χ2n) is 6.37. The summed E-state index contributed by atoms with van der Waals surface area (Å²) in [6.45, 7) is 8.53. The van der Waals surface area contributed by atoms with Gasteiger partial charge in [0.1, 0.15) is 0 Å². The molecule has 114 valence electrons. The minimum absolute atomic E-state index is 0.163.